The Morgan fingerprint density at radius 1 is 1.41 bits per heavy atom. The van der Waals surface area contributed by atoms with Crippen LogP contribution < -0.4 is 11.1 Å². The van der Waals surface area contributed by atoms with E-state index >= 15 is 0 Å². The molecular formula is C12H25ClN2O2. The molecule has 0 bridgehead atoms. The molecule has 1 aliphatic rings. The van der Waals surface area contributed by atoms with Crippen LogP contribution in [0.3, 0.4) is 0 Å². The summed E-state index contributed by atoms with van der Waals surface area (Å²) in [6, 6.07) is 0. The van der Waals surface area contributed by atoms with Crippen LogP contribution in [0.4, 0.5) is 0 Å². The number of aliphatic hydroxyl groups excluding tert-OH is 1. The molecule has 1 unspecified atom stereocenters. The first-order chi connectivity index (χ1) is 7.58. The quantitative estimate of drug-likeness (QED) is 0.702. The van der Waals surface area contributed by atoms with Crippen molar-refractivity contribution in [3.63, 3.8) is 0 Å². The molecule has 1 aliphatic carbocycles. The normalized spacial score (nSPS) is 20.2. The van der Waals surface area contributed by atoms with Gasteiger partial charge in [0, 0.05) is 6.54 Å². The summed E-state index contributed by atoms with van der Waals surface area (Å²) in [5, 5.41) is 12.2. The van der Waals surface area contributed by atoms with Crippen molar-refractivity contribution in [3.8, 4) is 0 Å². The van der Waals surface area contributed by atoms with Gasteiger partial charge in [0.05, 0.1) is 11.6 Å². The monoisotopic (exact) mass is 264 g/mol. The summed E-state index contributed by atoms with van der Waals surface area (Å²) in [5.74, 6) is -0.0458. The number of halogens is 1. The Kier molecular flexibility index (Phi) is 7.75. The standard InChI is InChI=1S/C12H24N2O2.ClH/c1-2-10(15)6-9-14-11(16)12(13)7-4-3-5-8-12;/h10,15H,2-9,13H2,1H3,(H,14,16);1H. The lowest BCUT2D eigenvalue weighted by Crippen LogP contribution is -2.55. The van der Waals surface area contributed by atoms with Crippen LogP contribution in [0.5, 0.6) is 0 Å². The van der Waals surface area contributed by atoms with Crippen molar-refractivity contribution in [3.05, 3.63) is 0 Å². The topological polar surface area (TPSA) is 75.3 Å². The maximum atomic E-state index is 11.9. The highest BCUT2D eigenvalue weighted by Crippen LogP contribution is 2.25. The second-order valence-corrected chi connectivity index (χ2v) is 4.82. The van der Waals surface area contributed by atoms with Gasteiger partial charge < -0.3 is 16.2 Å². The second-order valence-electron chi connectivity index (χ2n) is 4.82. The van der Waals surface area contributed by atoms with E-state index in [1.54, 1.807) is 0 Å². The van der Waals surface area contributed by atoms with Crippen LogP contribution in [0.25, 0.3) is 0 Å². The van der Waals surface area contributed by atoms with Gasteiger partial charge in [-0.3, -0.25) is 4.79 Å². The molecule has 4 nitrogen and oxygen atoms in total. The van der Waals surface area contributed by atoms with E-state index in [-0.39, 0.29) is 24.4 Å². The van der Waals surface area contributed by atoms with Crippen LogP contribution in [-0.2, 0) is 4.79 Å². The zero-order valence-electron chi connectivity index (χ0n) is 10.6. The maximum absolute atomic E-state index is 11.9. The number of hydrogen-bond acceptors (Lipinski definition) is 3. The first kappa shape index (κ1) is 16.7. The number of nitrogens with two attached hydrogens (primary N) is 1. The molecule has 1 saturated carbocycles. The largest absolute Gasteiger partial charge is 0.393 e. The maximum Gasteiger partial charge on any atom is 0.240 e. The fourth-order valence-corrected chi connectivity index (χ4v) is 2.14. The molecule has 0 spiro atoms. The Bertz CT molecular complexity index is 231. The van der Waals surface area contributed by atoms with Crippen LogP contribution >= 0.6 is 12.4 Å². The van der Waals surface area contributed by atoms with E-state index in [9.17, 15) is 9.90 Å². The van der Waals surface area contributed by atoms with Crippen molar-refractivity contribution in [2.75, 3.05) is 6.54 Å². The van der Waals surface area contributed by atoms with Crippen LogP contribution in [0.2, 0.25) is 0 Å². The predicted octanol–water partition coefficient (Wildman–Crippen LogP) is 1.35. The summed E-state index contributed by atoms with van der Waals surface area (Å²) in [7, 11) is 0. The summed E-state index contributed by atoms with van der Waals surface area (Å²) < 4.78 is 0. The van der Waals surface area contributed by atoms with Crippen molar-refractivity contribution in [1.82, 2.24) is 5.32 Å². The average Bonchev–Trinajstić information content (AvgIpc) is 2.29. The minimum atomic E-state index is -0.657. The van der Waals surface area contributed by atoms with Crippen molar-refractivity contribution in [2.24, 2.45) is 5.73 Å². The second kappa shape index (κ2) is 7.90. The van der Waals surface area contributed by atoms with Gasteiger partial charge in [0.15, 0.2) is 0 Å². The summed E-state index contributed by atoms with van der Waals surface area (Å²) in [4.78, 5) is 11.9. The molecule has 17 heavy (non-hydrogen) atoms. The molecule has 0 saturated heterocycles. The molecule has 0 aromatic carbocycles. The van der Waals surface area contributed by atoms with Gasteiger partial charge in [-0.25, -0.2) is 0 Å². The molecule has 102 valence electrons. The lowest BCUT2D eigenvalue weighted by Gasteiger charge is -2.31. The summed E-state index contributed by atoms with van der Waals surface area (Å²) >= 11 is 0. The fourth-order valence-electron chi connectivity index (χ4n) is 2.14. The van der Waals surface area contributed by atoms with E-state index in [1.807, 2.05) is 6.92 Å². The van der Waals surface area contributed by atoms with Gasteiger partial charge in [-0.15, -0.1) is 12.4 Å². The van der Waals surface area contributed by atoms with Gasteiger partial charge in [-0.2, -0.15) is 0 Å². The number of carbonyl (C=O) groups excluding carboxylic acids is 1. The van der Waals surface area contributed by atoms with Gasteiger partial charge in [-0.1, -0.05) is 26.2 Å². The summed E-state index contributed by atoms with van der Waals surface area (Å²) in [6.07, 6.45) is 5.86. The Balaban J connectivity index is 0.00000256. The molecule has 0 heterocycles. The molecule has 0 aliphatic heterocycles. The van der Waals surface area contributed by atoms with Crippen LogP contribution in [0.15, 0.2) is 0 Å². The number of rotatable bonds is 5. The molecular weight excluding hydrogens is 240 g/mol. The van der Waals surface area contributed by atoms with Crippen molar-refractivity contribution in [1.29, 1.82) is 0 Å². The zero-order valence-corrected chi connectivity index (χ0v) is 11.4. The molecule has 1 fully saturated rings. The highest BCUT2D eigenvalue weighted by molar-refractivity contribution is 5.86. The lowest BCUT2D eigenvalue weighted by atomic mass is 9.82. The van der Waals surface area contributed by atoms with Crippen LogP contribution in [0.1, 0.15) is 51.9 Å². The Morgan fingerprint density at radius 3 is 2.53 bits per heavy atom. The van der Waals surface area contributed by atoms with E-state index < -0.39 is 5.54 Å². The Labute approximate surface area is 110 Å². The van der Waals surface area contributed by atoms with Gasteiger partial charge in [0.2, 0.25) is 5.91 Å². The smallest absolute Gasteiger partial charge is 0.240 e. The Hall–Kier alpha value is -0.320. The van der Waals surface area contributed by atoms with Gasteiger partial charge in [0.1, 0.15) is 0 Å². The third-order valence-corrected chi connectivity index (χ3v) is 3.43. The molecule has 1 rings (SSSR count). The minimum absolute atomic E-state index is 0. The van der Waals surface area contributed by atoms with Crippen molar-refractivity contribution < 1.29 is 9.90 Å². The predicted molar refractivity (Wildman–Crippen MR) is 71.2 cm³/mol. The molecule has 0 aromatic rings. The van der Waals surface area contributed by atoms with E-state index in [0.29, 0.717) is 13.0 Å². The van der Waals surface area contributed by atoms with E-state index in [0.717, 1.165) is 32.1 Å². The summed E-state index contributed by atoms with van der Waals surface area (Å²) in [6.45, 7) is 2.45. The number of hydrogen-bond donors (Lipinski definition) is 3. The van der Waals surface area contributed by atoms with E-state index in [2.05, 4.69) is 5.32 Å². The lowest BCUT2D eigenvalue weighted by molar-refractivity contribution is -0.127. The number of nitrogens with one attached hydrogen (secondary N) is 1. The SMILES string of the molecule is CCC(O)CCNC(=O)C1(N)CCCCC1.Cl. The van der Waals surface area contributed by atoms with Crippen LogP contribution in [0, 0.1) is 0 Å². The molecule has 1 atom stereocenters. The van der Waals surface area contributed by atoms with Gasteiger partial charge >= 0.3 is 0 Å². The minimum Gasteiger partial charge on any atom is -0.393 e. The van der Waals surface area contributed by atoms with Crippen LogP contribution in [-0.4, -0.2) is 29.2 Å². The fraction of sp³-hybridized carbons (Fsp3) is 0.917. The molecule has 0 radical (unpaired) electrons. The molecule has 5 heteroatoms. The highest BCUT2D eigenvalue weighted by atomic mass is 35.5. The molecule has 4 N–H and O–H groups in total. The van der Waals surface area contributed by atoms with Gasteiger partial charge in [0.25, 0.3) is 0 Å². The van der Waals surface area contributed by atoms with E-state index in [4.69, 9.17) is 5.73 Å². The molecule has 1 amide bonds. The number of amides is 1. The average molecular weight is 265 g/mol. The third-order valence-electron chi connectivity index (χ3n) is 3.43. The van der Waals surface area contributed by atoms with E-state index in [1.165, 1.54) is 6.42 Å². The first-order valence-electron chi connectivity index (χ1n) is 6.34. The number of aliphatic hydroxyl groups is 1. The molecule has 0 aromatic heterocycles. The van der Waals surface area contributed by atoms with Crippen molar-refractivity contribution in [2.45, 2.75) is 63.5 Å². The third kappa shape index (κ3) is 5.23. The highest BCUT2D eigenvalue weighted by Gasteiger charge is 2.34. The van der Waals surface area contributed by atoms with Gasteiger partial charge in [-0.05, 0) is 25.7 Å². The number of carbonyl (C=O) groups is 1. The zero-order chi connectivity index (χ0) is 12.0. The summed E-state index contributed by atoms with van der Waals surface area (Å²) in [5.41, 5.74) is 5.42. The van der Waals surface area contributed by atoms with Crippen molar-refractivity contribution >= 4 is 18.3 Å². The first-order valence-corrected chi connectivity index (χ1v) is 6.34. The Morgan fingerprint density at radius 2 is 2.00 bits per heavy atom.